The zero-order valence-electron chi connectivity index (χ0n) is 15.7. The van der Waals surface area contributed by atoms with E-state index in [9.17, 15) is 5.21 Å². The van der Waals surface area contributed by atoms with Crippen LogP contribution in [0.3, 0.4) is 0 Å². The normalized spacial score (nSPS) is 11.0. The first kappa shape index (κ1) is 17.6. The summed E-state index contributed by atoms with van der Waals surface area (Å²) >= 11 is 0. The second-order valence-electron chi connectivity index (χ2n) is 6.28. The summed E-state index contributed by atoms with van der Waals surface area (Å²) in [6.45, 7) is 0. The highest BCUT2D eigenvalue weighted by Gasteiger charge is 2.19. The molecule has 1 aromatic carbocycles. The lowest BCUT2D eigenvalue weighted by atomic mass is 10.2. The molecule has 0 unspecified atom stereocenters. The summed E-state index contributed by atoms with van der Waals surface area (Å²) in [6, 6.07) is 10.6. The topological polar surface area (TPSA) is 125 Å². The number of aromatic amines is 1. The monoisotopic (exact) mass is 401 g/mol. The van der Waals surface area contributed by atoms with E-state index in [0.717, 1.165) is 16.6 Å². The van der Waals surface area contributed by atoms with Gasteiger partial charge in [0.2, 0.25) is 5.88 Å². The predicted octanol–water partition coefficient (Wildman–Crippen LogP) is 3.16. The summed E-state index contributed by atoms with van der Waals surface area (Å²) in [5, 5.41) is 16.6. The Morgan fingerprint density at radius 2 is 1.90 bits per heavy atom. The van der Waals surface area contributed by atoms with Crippen molar-refractivity contribution in [1.82, 2.24) is 24.9 Å². The Hall–Kier alpha value is -4.47. The standard InChI is InChI=1S/C20H15N7O3/c1-21-14-6-4-5-13-16-18(24-17(13)14)25-20(30-15-7-2-3-8-27(15)28)26-19(16)29-12-9-22-11-23-10-12/h2-11,21H,1H3,(H,24,25,26). The van der Waals surface area contributed by atoms with E-state index in [1.807, 2.05) is 25.2 Å². The number of rotatable bonds is 5. The van der Waals surface area contributed by atoms with E-state index in [1.165, 1.54) is 31.0 Å². The number of H-pyrrole nitrogens is 1. The van der Waals surface area contributed by atoms with Gasteiger partial charge in [-0.25, -0.2) is 9.97 Å². The van der Waals surface area contributed by atoms with Gasteiger partial charge < -0.3 is 25.0 Å². The lowest BCUT2D eigenvalue weighted by Crippen LogP contribution is -2.27. The highest BCUT2D eigenvalue weighted by atomic mass is 16.6. The third kappa shape index (κ3) is 3.05. The van der Waals surface area contributed by atoms with E-state index in [-0.39, 0.29) is 17.8 Å². The minimum atomic E-state index is -0.0392. The highest BCUT2D eigenvalue weighted by molar-refractivity contribution is 6.12. The molecule has 4 heterocycles. The molecule has 5 rings (SSSR count). The lowest BCUT2D eigenvalue weighted by Gasteiger charge is -2.08. The summed E-state index contributed by atoms with van der Waals surface area (Å²) in [6.07, 6.45) is 5.79. The van der Waals surface area contributed by atoms with Gasteiger partial charge in [-0.2, -0.15) is 9.97 Å². The molecule has 10 heteroatoms. The average molecular weight is 401 g/mol. The van der Waals surface area contributed by atoms with Gasteiger partial charge in [-0.05, 0) is 12.1 Å². The van der Waals surface area contributed by atoms with Crippen molar-refractivity contribution in [2.45, 2.75) is 0 Å². The molecule has 2 N–H and O–H groups in total. The van der Waals surface area contributed by atoms with Crippen LogP contribution >= 0.6 is 0 Å². The third-order valence-corrected chi connectivity index (χ3v) is 4.44. The Morgan fingerprint density at radius 1 is 1.03 bits per heavy atom. The molecular formula is C20H15N7O3. The molecule has 0 amide bonds. The first-order chi connectivity index (χ1) is 14.7. The molecule has 0 fully saturated rings. The molecule has 148 valence electrons. The molecule has 0 spiro atoms. The van der Waals surface area contributed by atoms with Gasteiger partial charge >= 0.3 is 11.9 Å². The van der Waals surface area contributed by atoms with Crippen LogP contribution in [0.2, 0.25) is 0 Å². The van der Waals surface area contributed by atoms with Crippen molar-refractivity contribution in [3.63, 3.8) is 0 Å². The molecule has 10 nitrogen and oxygen atoms in total. The summed E-state index contributed by atoms with van der Waals surface area (Å²) in [4.78, 5) is 20.1. The van der Waals surface area contributed by atoms with Crippen LogP contribution < -0.4 is 19.5 Å². The van der Waals surface area contributed by atoms with Crippen LogP contribution in [0, 0.1) is 5.21 Å². The number of hydrogen-bond acceptors (Lipinski definition) is 8. The van der Waals surface area contributed by atoms with Gasteiger partial charge in [0.15, 0.2) is 11.9 Å². The van der Waals surface area contributed by atoms with E-state index < -0.39 is 0 Å². The molecule has 5 aromatic rings. The summed E-state index contributed by atoms with van der Waals surface area (Å²) in [7, 11) is 1.83. The van der Waals surface area contributed by atoms with Crippen LogP contribution in [0.15, 0.2) is 61.3 Å². The second-order valence-corrected chi connectivity index (χ2v) is 6.28. The van der Waals surface area contributed by atoms with E-state index >= 15 is 0 Å². The highest BCUT2D eigenvalue weighted by Crippen LogP contribution is 2.37. The van der Waals surface area contributed by atoms with Gasteiger partial charge in [0.25, 0.3) is 0 Å². The number of aromatic nitrogens is 6. The van der Waals surface area contributed by atoms with Gasteiger partial charge in [-0.15, -0.1) is 4.73 Å². The molecule has 0 atom stereocenters. The Balaban J connectivity index is 1.71. The average Bonchev–Trinajstić information content (AvgIpc) is 3.15. The number of anilines is 1. The van der Waals surface area contributed by atoms with Crippen molar-refractivity contribution in [3.8, 4) is 23.5 Å². The predicted molar refractivity (Wildman–Crippen MR) is 109 cm³/mol. The first-order valence-corrected chi connectivity index (χ1v) is 9.02. The van der Waals surface area contributed by atoms with Crippen LogP contribution in [0.1, 0.15) is 0 Å². The zero-order valence-corrected chi connectivity index (χ0v) is 15.7. The van der Waals surface area contributed by atoms with Crippen LogP contribution in [-0.2, 0) is 0 Å². The molecule has 0 bridgehead atoms. The van der Waals surface area contributed by atoms with Crippen LogP contribution in [0.4, 0.5) is 5.69 Å². The molecule has 0 saturated heterocycles. The summed E-state index contributed by atoms with van der Waals surface area (Å²) < 4.78 is 12.2. The molecule has 30 heavy (non-hydrogen) atoms. The van der Waals surface area contributed by atoms with E-state index in [4.69, 9.17) is 9.47 Å². The van der Waals surface area contributed by atoms with Crippen molar-refractivity contribution in [1.29, 1.82) is 0 Å². The number of nitrogens with one attached hydrogen (secondary N) is 2. The number of nitrogens with zero attached hydrogens (tertiary/aromatic N) is 5. The summed E-state index contributed by atoms with van der Waals surface area (Å²) in [5.41, 5.74) is 2.23. The van der Waals surface area contributed by atoms with Crippen molar-refractivity contribution in [3.05, 3.63) is 66.5 Å². The molecule has 0 aliphatic heterocycles. The SMILES string of the molecule is CNc1cccc2c1[nH]c1nc(Oc3cccc[n+]3[O-])nc(Oc3cncnc3)c12. The fraction of sp³-hybridized carbons (Fsp3) is 0.0500. The maximum absolute atomic E-state index is 12.0. The number of benzene rings is 1. The number of hydrogen-bond donors (Lipinski definition) is 2. The summed E-state index contributed by atoms with van der Waals surface area (Å²) in [5.74, 6) is 0.691. The van der Waals surface area contributed by atoms with E-state index in [1.54, 1.807) is 12.1 Å². The minimum absolute atomic E-state index is 0.0392. The van der Waals surface area contributed by atoms with Crippen LogP contribution in [-0.4, -0.2) is 32.0 Å². The van der Waals surface area contributed by atoms with Gasteiger partial charge in [0.05, 0.1) is 35.1 Å². The van der Waals surface area contributed by atoms with Gasteiger partial charge in [-0.3, -0.25) is 0 Å². The third-order valence-electron chi connectivity index (χ3n) is 4.44. The quantitative estimate of drug-likeness (QED) is 0.340. The Morgan fingerprint density at radius 3 is 2.70 bits per heavy atom. The van der Waals surface area contributed by atoms with Crippen molar-refractivity contribution in [2.75, 3.05) is 12.4 Å². The fourth-order valence-corrected chi connectivity index (χ4v) is 3.13. The number of fused-ring (bicyclic) bond motifs is 3. The second kappa shape index (κ2) is 7.17. The fourth-order valence-electron chi connectivity index (χ4n) is 3.13. The molecule has 0 aliphatic rings. The lowest BCUT2D eigenvalue weighted by molar-refractivity contribution is -0.611. The Bertz CT molecular complexity index is 1360. The molecule has 0 aliphatic carbocycles. The molecular weight excluding hydrogens is 386 g/mol. The Labute approximate surface area is 169 Å². The number of pyridine rings is 1. The molecule has 4 aromatic heterocycles. The van der Waals surface area contributed by atoms with Crippen molar-refractivity contribution < 1.29 is 14.2 Å². The van der Waals surface area contributed by atoms with Crippen LogP contribution in [0.5, 0.6) is 23.5 Å². The maximum atomic E-state index is 12.0. The number of ether oxygens (including phenoxy) is 2. The van der Waals surface area contributed by atoms with Gasteiger partial charge in [0, 0.05) is 18.5 Å². The molecule has 0 radical (unpaired) electrons. The first-order valence-electron chi connectivity index (χ1n) is 9.02. The van der Waals surface area contributed by atoms with Gasteiger partial charge in [-0.1, -0.05) is 12.1 Å². The minimum Gasteiger partial charge on any atom is -0.616 e. The van der Waals surface area contributed by atoms with E-state index in [2.05, 4.69) is 30.2 Å². The zero-order chi connectivity index (χ0) is 20.5. The van der Waals surface area contributed by atoms with Gasteiger partial charge in [0.1, 0.15) is 12.0 Å². The maximum Gasteiger partial charge on any atom is 0.387 e. The number of para-hydroxylation sites is 1. The van der Waals surface area contributed by atoms with Crippen LogP contribution in [0.25, 0.3) is 21.9 Å². The molecule has 0 saturated carbocycles. The van der Waals surface area contributed by atoms with Crippen molar-refractivity contribution >= 4 is 27.6 Å². The van der Waals surface area contributed by atoms with E-state index in [0.29, 0.717) is 21.5 Å². The van der Waals surface area contributed by atoms with Crippen molar-refractivity contribution in [2.24, 2.45) is 0 Å². The Kier molecular flexibility index (Phi) is 4.21. The smallest absolute Gasteiger partial charge is 0.387 e. The largest absolute Gasteiger partial charge is 0.616 e.